The fraction of sp³-hybridized carbons (Fsp3) is 0.714. The van der Waals surface area contributed by atoms with Crippen LogP contribution in [0.3, 0.4) is 0 Å². The molecule has 0 radical (unpaired) electrons. The SMILES string of the molecule is Cc1nc(N2CCC3(CNC3)C2=O)sc1S(=O)(=O)NC(C)(C)C. The molecule has 1 amide bonds. The Morgan fingerprint density at radius 3 is 2.48 bits per heavy atom. The van der Waals surface area contributed by atoms with Crippen LogP contribution in [-0.2, 0) is 14.8 Å². The third-order valence-corrected chi connectivity index (χ3v) is 7.65. The van der Waals surface area contributed by atoms with Gasteiger partial charge in [0.15, 0.2) is 9.34 Å². The summed E-state index contributed by atoms with van der Waals surface area (Å²) in [6.45, 7) is 9.03. The van der Waals surface area contributed by atoms with Gasteiger partial charge in [-0.25, -0.2) is 18.1 Å². The Balaban J connectivity index is 1.89. The van der Waals surface area contributed by atoms with Crippen molar-refractivity contribution < 1.29 is 13.2 Å². The zero-order valence-corrected chi connectivity index (χ0v) is 15.4. The van der Waals surface area contributed by atoms with Crippen LogP contribution in [0.2, 0.25) is 0 Å². The first kappa shape index (κ1) is 16.8. The van der Waals surface area contributed by atoms with Crippen LogP contribution >= 0.6 is 11.3 Å². The highest BCUT2D eigenvalue weighted by atomic mass is 32.2. The number of sulfonamides is 1. The smallest absolute Gasteiger partial charge is 0.252 e. The van der Waals surface area contributed by atoms with Gasteiger partial charge in [0, 0.05) is 25.2 Å². The molecule has 2 aliphatic rings. The minimum absolute atomic E-state index is 0.0535. The van der Waals surface area contributed by atoms with Crippen molar-refractivity contribution in [2.75, 3.05) is 24.5 Å². The Kier molecular flexibility index (Phi) is 3.83. The van der Waals surface area contributed by atoms with Crippen LogP contribution in [-0.4, -0.2) is 44.5 Å². The topological polar surface area (TPSA) is 91.4 Å². The lowest BCUT2D eigenvalue weighted by atomic mass is 9.80. The molecule has 3 rings (SSSR count). The van der Waals surface area contributed by atoms with Crippen LogP contribution in [0.25, 0.3) is 0 Å². The fourth-order valence-electron chi connectivity index (χ4n) is 2.94. The summed E-state index contributed by atoms with van der Waals surface area (Å²) in [5.74, 6) is 0.0535. The molecule has 128 valence electrons. The highest BCUT2D eigenvalue weighted by Gasteiger charge is 2.52. The molecule has 0 saturated carbocycles. The summed E-state index contributed by atoms with van der Waals surface area (Å²) in [6, 6.07) is 0. The van der Waals surface area contributed by atoms with Gasteiger partial charge in [-0.15, -0.1) is 0 Å². The summed E-state index contributed by atoms with van der Waals surface area (Å²) in [5.41, 5.74) is -0.440. The van der Waals surface area contributed by atoms with E-state index in [2.05, 4.69) is 15.0 Å². The van der Waals surface area contributed by atoms with Gasteiger partial charge in [0.25, 0.3) is 10.0 Å². The fourth-order valence-corrected chi connectivity index (χ4v) is 5.89. The standard InChI is InChI=1S/C14H22N4O3S2/c1-9-10(23(20,21)17-13(2,3)4)22-12(16-9)18-6-5-14(11(18)19)7-15-8-14/h15,17H,5-8H2,1-4H3. The lowest BCUT2D eigenvalue weighted by Crippen LogP contribution is -2.57. The summed E-state index contributed by atoms with van der Waals surface area (Å²) >= 11 is 1.07. The van der Waals surface area contributed by atoms with Crippen LogP contribution in [0, 0.1) is 12.3 Å². The molecule has 1 aromatic heterocycles. The van der Waals surface area contributed by atoms with E-state index in [1.165, 1.54) is 0 Å². The van der Waals surface area contributed by atoms with E-state index in [1.807, 2.05) is 0 Å². The predicted molar refractivity (Wildman–Crippen MR) is 89.2 cm³/mol. The third-order valence-electron chi connectivity index (χ3n) is 4.10. The molecule has 3 heterocycles. The first-order chi connectivity index (χ1) is 10.5. The van der Waals surface area contributed by atoms with Crippen molar-refractivity contribution in [3.05, 3.63) is 5.69 Å². The lowest BCUT2D eigenvalue weighted by Gasteiger charge is -2.36. The maximum atomic E-state index is 12.6. The predicted octanol–water partition coefficient (Wildman–Crippen LogP) is 0.855. The molecule has 0 atom stereocenters. The summed E-state index contributed by atoms with van der Waals surface area (Å²) < 4.78 is 27.9. The van der Waals surface area contributed by atoms with Crippen LogP contribution in [0.5, 0.6) is 0 Å². The van der Waals surface area contributed by atoms with Crippen molar-refractivity contribution >= 4 is 32.4 Å². The molecule has 23 heavy (non-hydrogen) atoms. The number of aromatic nitrogens is 1. The second-order valence-corrected chi connectivity index (χ2v) is 10.2. The van der Waals surface area contributed by atoms with Gasteiger partial charge in [-0.05, 0) is 34.1 Å². The molecule has 0 bridgehead atoms. The quantitative estimate of drug-likeness (QED) is 0.836. The molecule has 0 aliphatic carbocycles. The molecular formula is C14H22N4O3S2. The molecule has 2 fully saturated rings. The number of nitrogens with one attached hydrogen (secondary N) is 2. The Labute approximate surface area is 140 Å². The second kappa shape index (κ2) is 5.23. The van der Waals surface area contributed by atoms with Crippen LogP contribution in [0.4, 0.5) is 5.13 Å². The van der Waals surface area contributed by atoms with Gasteiger partial charge in [0.05, 0.1) is 11.1 Å². The zero-order valence-electron chi connectivity index (χ0n) is 13.8. The van der Waals surface area contributed by atoms with Gasteiger partial charge in [0.2, 0.25) is 5.91 Å². The van der Waals surface area contributed by atoms with Gasteiger partial charge in [-0.1, -0.05) is 11.3 Å². The van der Waals surface area contributed by atoms with Gasteiger partial charge < -0.3 is 5.32 Å². The molecule has 1 spiro atoms. The number of carbonyl (C=O) groups is 1. The highest BCUT2D eigenvalue weighted by Crippen LogP contribution is 2.40. The summed E-state index contributed by atoms with van der Waals surface area (Å²) in [4.78, 5) is 18.6. The first-order valence-corrected chi connectivity index (χ1v) is 9.88. The van der Waals surface area contributed by atoms with E-state index in [9.17, 15) is 13.2 Å². The zero-order chi connectivity index (χ0) is 17.0. The Morgan fingerprint density at radius 2 is 2.00 bits per heavy atom. The third kappa shape index (κ3) is 2.90. The second-order valence-electron chi connectivity index (χ2n) is 7.32. The van der Waals surface area contributed by atoms with Crippen molar-refractivity contribution in [3.8, 4) is 0 Å². The minimum Gasteiger partial charge on any atom is -0.314 e. The molecule has 7 nitrogen and oxygen atoms in total. The number of hydrogen-bond acceptors (Lipinski definition) is 6. The largest absolute Gasteiger partial charge is 0.314 e. The van der Waals surface area contributed by atoms with E-state index in [1.54, 1.807) is 32.6 Å². The summed E-state index contributed by atoms with van der Waals surface area (Å²) in [6.07, 6.45) is 0.791. The number of hydrogen-bond donors (Lipinski definition) is 2. The number of aryl methyl sites for hydroxylation is 1. The van der Waals surface area contributed by atoms with Crippen molar-refractivity contribution in [1.29, 1.82) is 0 Å². The first-order valence-electron chi connectivity index (χ1n) is 7.58. The Bertz CT molecular complexity index is 745. The number of amides is 1. The van der Waals surface area contributed by atoms with E-state index in [4.69, 9.17) is 0 Å². The van der Waals surface area contributed by atoms with Crippen molar-refractivity contribution in [1.82, 2.24) is 15.0 Å². The van der Waals surface area contributed by atoms with Crippen molar-refractivity contribution in [3.63, 3.8) is 0 Å². The molecule has 2 N–H and O–H groups in total. The molecule has 2 aliphatic heterocycles. The summed E-state index contributed by atoms with van der Waals surface area (Å²) in [5, 5.41) is 3.62. The van der Waals surface area contributed by atoms with Crippen molar-refractivity contribution in [2.45, 2.75) is 43.9 Å². The molecular weight excluding hydrogens is 336 g/mol. The minimum atomic E-state index is -3.64. The average Bonchev–Trinajstić information content (AvgIpc) is 2.86. The number of rotatable bonds is 3. The molecule has 0 unspecified atom stereocenters. The van der Waals surface area contributed by atoms with Gasteiger partial charge in [-0.3, -0.25) is 9.69 Å². The average molecular weight is 358 g/mol. The number of nitrogens with zero attached hydrogens (tertiary/aromatic N) is 2. The Hall–Kier alpha value is -1.03. The van der Waals surface area contributed by atoms with Crippen molar-refractivity contribution in [2.24, 2.45) is 5.41 Å². The van der Waals surface area contributed by atoms with Gasteiger partial charge in [0.1, 0.15) is 0 Å². The maximum Gasteiger partial charge on any atom is 0.252 e. The lowest BCUT2D eigenvalue weighted by molar-refractivity contribution is -0.127. The molecule has 2 saturated heterocycles. The monoisotopic (exact) mass is 358 g/mol. The van der Waals surface area contributed by atoms with E-state index >= 15 is 0 Å². The molecule has 9 heteroatoms. The van der Waals surface area contributed by atoms with Gasteiger partial charge >= 0.3 is 0 Å². The normalized spacial score (nSPS) is 21.0. The highest BCUT2D eigenvalue weighted by molar-refractivity contribution is 7.91. The molecule has 0 aromatic carbocycles. The van der Waals surface area contributed by atoms with E-state index in [0.29, 0.717) is 30.5 Å². The molecule has 1 aromatic rings. The Morgan fingerprint density at radius 1 is 1.35 bits per heavy atom. The van der Waals surface area contributed by atoms with E-state index < -0.39 is 15.6 Å². The number of carbonyl (C=O) groups excluding carboxylic acids is 1. The van der Waals surface area contributed by atoms with Crippen LogP contribution in [0.1, 0.15) is 32.9 Å². The number of anilines is 1. The van der Waals surface area contributed by atoms with E-state index in [-0.39, 0.29) is 15.5 Å². The van der Waals surface area contributed by atoms with E-state index in [0.717, 1.165) is 17.8 Å². The number of thiazole rings is 1. The van der Waals surface area contributed by atoms with Gasteiger partial charge in [-0.2, -0.15) is 0 Å². The maximum absolute atomic E-state index is 12.6. The van der Waals surface area contributed by atoms with Crippen LogP contribution in [0.15, 0.2) is 4.21 Å². The summed E-state index contributed by atoms with van der Waals surface area (Å²) in [7, 11) is -3.64. The van der Waals surface area contributed by atoms with Crippen LogP contribution < -0.4 is 14.9 Å².